The number of nitrogen functional groups attached to an aromatic ring is 1. The molecule has 8 nitrogen and oxygen atoms in total. The molecule has 0 fully saturated rings. The summed E-state index contributed by atoms with van der Waals surface area (Å²) in [5.74, 6) is -1.69. The molecule has 2 aromatic heterocycles. The highest BCUT2D eigenvalue weighted by atomic mass is 32.1. The average Bonchev–Trinajstić information content (AvgIpc) is 3.30. The van der Waals surface area contributed by atoms with E-state index in [9.17, 15) is 14.7 Å². The number of imidazole rings is 1. The molecule has 0 aliphatic heterocycles. The summed E-state index contributed by atoms with van der Waals surface area (Å²) in [6.45, 7) is 1.83. The van der Waals surface area contributed by atoms with Crippen molar-refractivity contribution in [1.29, 1.82) is 0 Å². The van der Waals surface area contributed by atoms with E-state index in [0.717, 1.165) is 5.56 Å². The number of aromatic nitrogens is 2. The molecule has 158 valence electrons. The summed E-state index contributed by atoms with van der Waals surface area (Å²) >= 11 is 1.20. The zero-order chi connectivity index (χ0) is 22.1. The summed E-state index contributed by atoms with van der Waals surface area (Å²) in [5, 5.41) is 15.6. The SMILES string of the molecule is Cc1csc(C(N)=O)c1C(c1ccccc1)C(O)C(=O)Nc1ccc2nc(N)[nH]c2c1. The molecule has 0 saturated heterocycles. The Kier molecular flexibility index (Phi) is 5.45. The number of hydrogen-bond donors (Lipinski definition) is 5. The molecular weight excluding hydrogens is 414 g/mol. The van der Waals surface area contributed by atoms with Gasteiger partial charge in [-0.25, -0.2) is 4.98 Å². The number of nitrogens with zero attached hydrogens (tertiary/aromatic N) is 1. The lowest BCUT2D eigenvalue weighted by molar-refractivity contribution is -0.124. The van der Waals surface area contributed by atoms with Gasteiger partial charge in [-0.15, -0.1) is 11.3 Å². The van der Waals surface area contributed by atoms with Crippen molar-refractivity contribution in [2.24, 2.45) is 5.73 Å². The lowest BCUT2D eigenvalue weighted by atomic mass is 9.84. The number of aromatic amines is 1. The molecule has 2 heterocycles. The number of rotatable bonds is 6. The highest BCUT2D eigenvalue weighted by Gasteiger charge is 2.34. The van der Waals surface area contributed by atoms with E-state index in [0.29, 0.717) is 32.7 Å². The van der Waals surface area contributed by atoms with Crippen LogP contribution in [-0.2, 0) is 4.79 Å². The molecule has 31 heavy (non-hydrogen) atoms. The van der Waals surface area contributed by atoms with Crippen LogP contribution >= 0.6 is 11.3 Å². The van der Waals surface area contributed by atoms with Crippen LogP contribution in [-0.4, -0.2) is 33.0 Å². The maximum absolute atomic E-state index is 13.0. The standard InChI is InChI=1S/C22H21N5O3S/c1-11-10-31-19(20(23)29)16(11)17(12-5-3-2-4-6-12)18(28)21(30)25-13-7-8-14-15(9-13)27-22(24)26-14/h2-10,17-18,28H,1H3,(H2,23,29)(H,25,30)(H3,24,26,27). The minimum absolute atomic E-state index is 0.273. The molecule has 9 heteroatoms. The van der Waals surface area contributed by atoms with E-state index in [1.54, 1.807) is 23.6 Å². The molecule has 2 atom stereocenters. The Hall–Kier alpha value is -3.69. The predicted molar refractivity (Wildman–Crippen MR) is 121 cm³/mol. The van der Waals surface area contributed by atoms with Gasteiger partial charge in [-0.3, -0.25) is 9.59 Å². The van der Waals surface area contributed by atoms with Gasteiger partial charge < -0.3 is 26.9 Å². The summed E-state index contributed by atoms with van der Waals surface area (Å²) in [6, 6.07) is 14.2. The Labute approximate surface area is 181 Å². The number of carbonyl (C=O) groups excluding carboxylic acids is 2. The Balaban J connectivity index is 1.70. The van der Waals surface area contributed by atoms with Crippen LogP contribution in [0.2, 0.25) is 0 Å². The van der Waals surface area contributed by atoms with Crippen molar-refractivity contribution in [2.75, 3.05) is 11.1 Å². The van der Waals surface area contributed by atoms with Gasteiger partial charge in [0.25, 0.3) is 11.8 Å². The van der Waals surface area contributed by atoms with E-state index in [4.69, 9.17) is 11.5 Å². The monoisotopic (exact) mass is 435 g/mol. The summed E-state index contributed by atoms with van der Waals surface area (Å²) in [7, 11) is 0. The zero-order valence-corrected chi connectivity index (χ0v) is 17.4. The van der Waals surface area contributed by atoms with Gasteiger partial charge in [-0.05, 0) is 47.2 Å². The molecular formula is C22H21N5O3S. The number of hydrogen-bond acceptors (Lipinski definition) is 6. The van der Waals surface area contributed by atoms with E-state index in [1.807, 2.05) is 37.3 Å². The summed E-state index contributed by atoms with van der Waals surface area (Å²) in [4.78, 5) is 32.4. The van der Waals surface area contributed by atoms with Gasteiger partial charge >= 0.3 is 0 Å². The topological polar surface area (TPSA) is 147 Å². The Bertz CT molecular complexity index is 1260. The molecule has 2 unspecified atom stereocenters. The molecule has 0 spiro atoms. The normalized spacial score (nSPS) is 13.1. The van der Waals surface area contributed by atoms with Crippen LogP contribution in [0, 0.1) is 6.92 Å². The largest absolute Gasteiger partial charge is 0.382 e. The lowest BCUT2D eigenvalue weighted by Gasteiger charge is -2.24. The number of aliphatic hydroxyl groups is 1. The van der Waals surface area contributed by atoms with E-state index in [2.05, 4.69) is 15.3 Å². The minimum atomic E-state index is -1.46. The number of amides is 2. The molecule has 0 bridgehead atoms. The fourth-order valence-corrected chi connectivity index (χ4v) is 4.63. The minimum Gasteiger partial charge on any atom is -0.382 e. The Morgan fingerprint density at radius 1 is 1.19 bits per heavy atom. The first-order chi connectivity index (χ1) is 14.8. The summed E-state index contributed by atoms with van der Waals surface area (Å²) < 4.78 is 0. The van der Waals surface area contributed by atoms with Crippen molar-refractivity contribution in [1.82, 2.24) is 9.97 Å². The third-order valence-corrected chi connectivity index (χ3v) is 6.20. The second kappa shape index (κ2) is 8.21. The fourth-order valence-electron chi connectivity index (χ4n) is 3.67. The molecule has 0 radical (unpaired) electrons. The van der Waals surface area contributed by atoms with Crippen LogP contribution in [0.15, 0.2) is 53.9 Å². The van der Waals surface area contributed by atoms with Gasteiger partial charge in [-0.2, -0.15) is 0 Å². The summed E-state index contributed by atoms with van der Waals surface area (Å²) in [5.41, 5.74) is 15.1. The van der Waals surface area contributed by atoms with E-state index in [1.165, 1.54) is 11.3 Å². The maximum Gasteiger partial charge on any atom is 0.259 e. The number of primary amides is 1. The number of anilines is 2. The number of nitrogens with one attached hydrogen (secondary N) is 2. The van der Waals surface area contributed by atoms with Crippen LogP contribution < -0.4 is 16.8 Å². The molecule has 7 N–H and O–H groups in total. The number of benzene rings is 2. The van der Waals surface area contributed by atoms with Gasteiger partial charge in [0.05, 0.1) is 15.9 Å². The number of aryl methyl sites for hydroxylation is 1. The molecule has 2 aromatic carbocycles. The number of thiophene rings is 1. The van der Waals surface area contributed by atoms with Crippen molar-refractivity contribution in [2.45, 2.75) is 18.9 Å². The quantitative estimate of drug-likeness (QED) is 0.316. The zero-order valence-electron chi connectivity index (χ0n) is 16.6. The molecule has 0 aliphatic carbocycles. The first kappa shape index (κ1) is 20.6. The van der Waals surface area contributed by atoms with Crippen molar-refractivity contribution in [3.05, 3.63) is 75.5 Å². The molecule has 4 aromatic rings. The second-order valence-corrected chi connectivity index (χ2v) is 8.08. The molecule has 2 amide bonds. The second-order valence-electron chi connectivity index (χ2n) is 7.20. The highest BCUT2D eigenvalue weighted by molar-refractivity contribution is 7.12. The van der Waals surface area contributed by atoms with E-state index in [-0.39, 0.29) is 5.95 Å². The van der Waals surface area contributed by atoms with Crippen LogP contribution in [0.3, 0.4) is 0 Å². The van der Waals surface area contributed by atoms with E-state index >= 15 is 0 Å². The average molecular weight is 436 g/mol. The fraction of sp³-hybridized carbons (Fsp3) is 0.136. The van der Waals surface area contributed by atoms with Crippen molar-refractivity contribution < 1.29 is 14.7 Å². The lowest BCUT2D eigenvalue weighted by Crippen LogP contribution is -2.35. The van der Waals surface area contributed by atoms with Gasteiger partial charge in [0.15, 0.2) is 5.95 Å². The van der Waals surface area contributed by atoms with Crippen LogP contribution in [0.5, 0.6) is 0 Å². The maximum atomic E-state index is 13.0. The predicted octanol–water partition coefficient (Wildman–Crippen LogP) is 2.75. The number of H-pyrrole nitrogens is 1. The van der Waals surface area contributed by atoms with Crippen molar-refractivity contribution in [3.63, 3.8) is 0 Å². The van der Waals surface area contributed by atoms with Gasteiger partial charge in [0.1, 0.15) is 6.10 Å². The number of nitrogens with two attached hydrogens (primary N) is 2. The Morgan fingerprint density at radius 2 is 1.94 bits per heavy atom. The van der Waals surface area contributed by atoms with Gasteiger partial charge in [0, 0.05) is 11.6 Å². The van der Waals surface area contributed by atoms with Crippen LogP contribution in [0.1, 0.15) is 32.3 Å². The Morgan fingerprint density at radius 3 is 2.65 bits per heavy atom. The third-order valence-electron chi connectivity index (χ3n) is 5.07. The third kappa shape index (κ3) is 4.00. The molecule has 0 aliphatic rings. The first-order valence-electron chi connectivity index (χ1n) is 9.52. The van der Waals surface area contributed by atoms with Crippen LogP contribution in [0.4, 0.5) is 11.6 Å². The molecule has 4 rings (SSSR count). The highest BCUT2D eigenvalue weighted by Crippen LogP contribution is 2.36. The van der Waals surface area contributed by atoms with Gasteiger partial charge in [0.2, 0.25) is 0 Å². The van der Waals surface area contributed by atoms with Crippen LogP contribution in [0.25, 0.3) is 11.0 Å². The number of aliphatic hydroxyl groups excluding tert-OH is 1. The van der Waals surface area contributed by atoms with Crippen molar-refractivity contribution in [3.8, 4) is 0 Å². The number of carbonyl (C=O) groups is 2. The van der Waals surface area contributed by atoms with E-state index < -0.39 is 23.8 Å². The summed E-state index contributed by atoms with van der Waals surface area (Å²) in [6.07, 6.45) is -1.46. The smallest absolute Gasteiger partial charge is 0.259 e. The van der Waals surface area contributed by atoms with Crippen molar-refractivity contribution >= 4 is 45.8 Å². The van der Waals surface area contributed by atoms with Gasteiger partial charge in [-0.1, -0.05) is 30.3 Å². The first-order valence-corrected chi connectivity index (χ1v) is 10.4. The molecule has 0 saturated carbocycles. The number of fused-ring (bicyclic) bond motifs is 1.